The van der Waals surface area contributed by atoms with E-state index in [2.05, 4.69) is 35.8 Å². The number of methoxy groups -OCH3 is 2. The molecule has 0 aliphatic heterocycles. The molecule has 152 valence electrons. The summed E-state index contributed by atoms with van der Waals surface area (Å²) < 4.78 is 10.7. The minimum atomic E-state index is 0.782. The molecule has 1 aliphatic rings. The van der Waals surface area contributed by atoms with Gasteiger partial charge in [0.15, 0.2) is 0 Å². The number of rotatable bonds is 7. The van der Waals surface area contributed by atoms with Crippen molar-refractivity contribution >= 4 is 22.3 Å². The predicted octanol–water partition coefficient (Wildman–Crippen LogP) is 4.96. The van der Waals surface area contributed by atoms with E-state index in [1.165, 1.54) is 40.7 Å². The smallest absolute Gasteiger partial charge is 0.124 e. The number of aromatic nitrogens is 1. The molecular formula is C24H29N3O2. The quantitative estimate of drug-likeness (QED) is 0.557. The number of hydrogen-bond acceptors (Lipinski definition) is 5. The number of nitrogens with one attached hydrogen (secondary N) is 2. The van der Waals surface area contributed by atoms with Crippen molar-refractivity contribution in [3.63, 3.8) is 0 Å². The van der Waals surface area contributed by atoms with Gasteiger partial charge in [-0.05, 0) is 43.7 Å². The third-order valence-corrected chi connectivity index (χ3v) is 5.60. The van der Waals surface area contributed by atoms with Crippen molar-refractivity contribution in [3.05, 3.63) is 53.2 Å². The molecule has 0 saturated carbocycles. The van der Waals surface area contributed by atoms with Crippen molar-refractivity contribution in [1.82, 2.24) is 4.98 Å². The third kappa shape index (κ3) is 4.09. The summed E-state index contributed by atoms with van der Waals surface area (Å²) in [7, 11) is 3.33. The molecule has 0 bridgehead atoms. The van der Waals surface area contributed by atoms with Gasteiger partial charge in [-0.25, -0.2) is 0 Å². The molecule has 1 aromatic heterocycles. The number of ether oxygens (including phenoxy) is 2. The van der Waals surface area contributed by atoms with E-state index in [1.54, 1.807) is 14.2 Å². The van der Waals surface area contributed by atoms with Crippen LogP contribution in [-0.4, -0.2) is 32.3 Å². The number of aryl methyl sites for hydroxylation is 2. The normalized spacial score (nSPS) is 13.1. The molecule has 1 aliphatic carbocycles. The molecule has 0 fully saturated rings. The number of para-hydroxylation sites is 1. The number of benzene rings is 2. The van der Waals surface area contributed by atoms with Crippen LogP contribution in [0.2, 0.25) is 0 Å². The minimum absolute atomic E-state index is 0.782. The van der Waals surface area contributed by atoms with E-state index in [0.717, 1.165) is 48.6 Å². The van der Waals surface area contributed by atoms with Crippen LogP contribution in [0.4, 0.5) is 11.4 Å². The predicted molar refractivity (Wildman–Crippen MR) is 120 cm³/mol. The summed E-state index contributed by atoms with van der Waals surface area (Å²) >= 11 is 0. The minimum Gasteiger partial charge on any atom is -0.497 e. The molecule has 0 radical (unpaired) electrons. The molecule has 0 atom stereocenters. The first-order valence-corrected chi connectivity index (χ1v) is 10.3. The van der Waals surface area contributed by atoms with Gasteiger partial charge in [0.25, 0.3) is 0 Å². The highest BCUT2D eigenvalue weighted by Crippen LogP contribution is 2.34. The van der Waals surface area contributed by atoms with Crippen molar-refractivity contribution in [3.8, 4) is 11.5 Å². The number of nitrogens with zero attached hydrogens (tertiary/aromatic N) is 1. The summed E-state index contributed by atoms with van der Waals surface area (Å²) in [6, 6.07) is 12.3. The molecule has 2 N–H and O–H groups in total. The third-order valence-electron chi connectivity index (χ3n) is 5.60. The monoisotopic (exact) mass is 391 g/mol. The molecule has 3 aromatic rings. The Bertz CT molecular complexity index is 994. The maximum Gasteiger partial charge on any atom is 0.124 e. The van der Waals surface area contributed by atoms with Crippen molar-refractivity contribution in [2.45, 2.75) is 32.6 Å². The summed E-state index contributed by atoms with van der Waals surface area (Å²) in [6.45, 7) is 3.76. The average Bonchev–Trinajstić information content (AvgIpc) is 2.76. The van der Waals surface area contributed by atoms with Crippen LogP contribution in [0.1, 0.15) is 29.7 Å². The van der Waals surface area contributed by atoms with Gasteiger partial charge in [-0.1, -0.05) is 18.2 Å². The number of anilines is 2. The van der Waals surface area contributed by atoms with Crippen LogP contribution in [-0.2, 0) is 12.8 Å². The number of pyridine rings is 1. The highest BCUT2D eigenvalue weighted by Gasteiger charge is 2.18. The summed E-state index contributed by atoms with van der Waals surface area (Å²) in [6.07, 6.45) is 4.66. The van der Waals surface area contributed by atoms with Gasteiger partial charge < -0.3 is 20.1 Å². The van der Waals surface area contributed by atoms with Crippen LogP contribution >= 0.6 is 0 Å². The topological polar surface area (TPSA) is 55.4 Å². The Morgan fingerprint density at radius 1 is 0.931 bits per heavy atom. The lowest BCUT2D eigenvalue weighted by atomic mass is 9.92. The maximum absolute atomic E-state index is 5.35. The fourth-order valence-corrected chi connectivity index (χ4v) is 4.09. The Labute approximate surface area is 172 Å². The van der Waals surface area contributed by atoms with Crippen LogP contribution in [0, 0.1) is 6.92 Å². The Morgan fingerprint density at radius 3 is 2.41 bits per heavy atom. The second kappa shape index (κ2) is 8.60. The molecule has 0 saturated heterocycles. The first kappa shape index (κ1) is 19.4. The molecule has 0 amide bonds. The van der Waals surface area contributed by atoms with Crippen LogP contribution in [0.5, 0.6) is 11.5 Å². The summed E-state index contributed by atoms with van der Waals surface area (Å²) in [5.41, 5.74) is 7.28. The lowest BCUT2D eigenvalue weighted by Crippen LogP contribution is -2.17. The summed E-state index contributed by atoms with van der Waals surface area (Å²) in [5.74, 6) is 1.56. The molecule has 5 heteroatoms. The van der Waals surface area contributed by atoms with Crippen molar-refractivity contribution in [2.24, 2.45) is 0 Å². The van der Waals surface area contributed by atoms with E-state index in [9.17, 15) is 0 Å². The zero-order chi connectivity index (χ0) is 20.2. The van der Waals surface area contributed by atoms with Gasteiger partial charge in [-0.15, -0.1) is 0 Å². The SMILES string of the molecule is COc1cc(NCCNc2c3c(nc4c(C)cccc24)CCCC3)cc(OC)c1. The van der Waals surface area contributed by atoms with E-state index in [1.807, 2.05) is 18.2 Å². The highest BCUT2D eigenvalue weighted by atomic mass is 16.5. The number of hydrogen-bond donors (Lipinski definition) is 2. The Balaban J connectivity index is 1.52. The van der Waals surface area contributed by atoms with E-state index in [0.29, 0.717) is 0 Å². The molecule has 5 nitrogen and oxygen atoms in total. The molecule has 1 heterocycles. The van der Waals surface area contributed by atoms with Gasteiger partial charge >= 0.3 is 0 Å². The molecule has 29 heavy (non-hydrogen) atoms. The Morgan fingerprint density at radius 2 is 1.66 bits per heavy atom. The second-order valence-corrected chi connectivity index (χ2v) is 7.55. The van der Waals surface area contributed by atoms with Gasteiger partial charge in [0.1, 0.15) is 11.5 Å². The average molecular weight is 392 g/mol. The van der Waals surface area contributed by atoms with E-state index >= 15 is 0 Å². The van der Waals surface area contributed by atoms with Crippen LogP contribution in [0.15, 0.2) is 36.4 Å². The maximum atomic E-state index is 5.35. The fourth-order valence-electron chi connectivity index (χ4n) is 4.09. The first-order valence-electron chi connectivity index (χ1n) is 10.3. The Hall–Kier alpha value is -2.95. The highest BCUT2D eigenvalue weighted by molar-refractivity contribution is 5.95. The molecule has 4 rings (SSSR count). The van der Waals surface area contributed by atoms with Crippen molar-refractivity contribution in [1.29, 1.82) is 0 Å². The summed E-state index contributed by atoms with van der Waals surface area (Å²) in [4.78, 5) is 5.01. The fraction of sp³-hybridized carbons (Fsp3) is 0.375. The van der Waals surface area contributed by atoms with Crippen molar-refractivity contribution in [2.75, 3.05) is 37.9 Å². The van der Waals surface area contributed by atoms with E-state index in [4.69, 9.17) is 14.5 Å². The molecule has 0 spiro atoms. The van der Waals surface area contributed by atoms with Crippen LogP contribution in [0.25, 0.3) is 10.9 Å². The zero-order valence-electron chi connectivity index (χ0n) is 17.5. The van der Waals surface area contributed by atoms with Gasteiger partial charge in [0, 0.05) is 53.7 Å². The van der Waals surface area contributed by atoms with Gasteiger partial charge in [0.05, 0.1) is 19.7 Å². The standard InChI is InChI=1S/C24H29N3O2/c1-16-7-6-9-21-23(16)27-22-10-5-4-8-20(22)24(21)26-12-11-25-17-13-18(28-2)15-19(14-17)29-3/h6-7,9,13-15,25H,4-5,8,10-12H2,1-3H3,(H,26,27). The number of fused-ring (bicyclic) bond motifs is 2. The zero-order valence-corrected chi connectivity index (χ0v) is 17.5. The molecule has 0 unspecified atom stereocenters. The van der Waals surface area contributed by atoms with Gasteiger partial charge in [-0.3, -0.25) is 4.98 Å². The lowest BCUT2D eigenvalue weighted by molar-refractivity contribution is 0.394. The first-order chi connectivity index (χ1) is 14.2. The van der Waals surface area contributed by atoms with Crippen LogP contribution < -0.4 is 20.1 Å². The molecule has 2 aromatic carbocycles. The van der Waals surface area contributed by atoms with E-state index in [-0.39, 0.29) is 0 Å². The Kier molecular flexibility index (Phi) is 5.74. The second-order valence-electron chi connectivity index (χ2n) is 7.55. The largest absolute Gasteiger partial charge is 0.497 e. The summed E-state index contributed by atoms with van der Waals surface area (Å²) in [5, 5.41) is 8.40. The van der Waals surface area contributed by atoms with Gasteiger partial charge in [0.2, 0.25) is 0 Å². The lowest BCUT2D eigenvalue weighted by Gasteiger charge is -2.22. The van der Waals surface area contributed by atoms with Crippen LogP contribution in [0.3, 0.4) is 0 Å². The van der Waals surface area contributed by atoms with Crippen molar-refractivity contribution < 1.29 is 9.47 Å². The van der Waals surface area contributed by atoms with E-state index < -0.39 is 0 Å². The van der Waals surface area contributed by atoms with Gasteiger partial charge in [-0.2, -0.15) is 0 Å². The molecular weight excluding hydrogens is 362 g/mol.